The predicted octanol–water partition coefficient (Wildman–Crippen LogP) is 4.54. The number of nitrogens with zero attached hydrogens (tertiary/aromatic N) is 6. The number of amides is 1. The second-order valence-corrected chi connectivity index (χ2v) is 9.39. The minimum atomic E-state index is -0.467. The Kier molecular flexibility index (Phi) is 7.02. The van der Waals surface area contributed by atoms with Crippen molar-refractivity contribution < 1.29 is 9.21 Å². The molecule has 5 rings (SSSR count). The third kappa shape index (κ3) is 5.71. The highest BCUT2D eigenvalue weighted by Crippen LogP contribution is 2.27. The van der Waals surface area contributed by atoms with Crippen LogP contribution < -0.4 is 15.5 Å². The van der Waals surface area contributed by atoms with Crippen LogP contribution in [0.25, 0.3) is 11.4 Å². The first-order valence-electron chi connectivity index (χ1n) is 11.9. The summed E-state index contributed by atoms with van der Waals surface area (Å²) < 4.78 is 5.66. The molecule has 1 aliphatic heterocycles. The van der Waals surface area contributed by atoms with E-state index in [1.165, 1.54) is 6.20 Å². The lowest BCUT2D eigenvalue weighted by Crippen LogP contribution is -2.45. The number of hydrogen-bond donors (Lipinski definition) is 2. The second-order valence-electron chi connectivity index (χ2n) is 8.98. The molecule has 0 unspecified atom stereocenters. The highest BCUT2D eigenvalue weighted by Gasteiger charge is 2.21. The van der Waals surface area contributed by atoms with E-state index in [4.69, 9.17) is 21.0 Å². The first-order valence-corrected chi connectivity index (χ1v) is 12.3. The molecule has 0 spiro atoms. The number of hydrogen-bond acceptors (Lipinski definition) is 9. The van der Waals surface area contributed by atoms with E-state index in [-0.39, 0.29) is 17.7 Å². The van der Waals surface area contributed by atoms with Gasteiger partial charge in [-0.2, -0.15) is 15.0 Å². The van der Waals surface area contributed by atoms with E-state index in [0.29, 0.717) is 22.5 Å². The van der Waals surface area contributed by atoms with Crippen LogP contribution in [0.15, 0.2) is 53.1 Å². The van der Waals surface area contributed by atoms with Gasteiger partial charge in [-0.05, 0) is 32.5 Å². The standard InChI is InChI=1S/C26H27ClN8O2/c1-16-7-9-18(10-8-16)22-30-24(32-25(31-22)35-13-11-34(3)12-14-35)33-26-28-15-20(37-26)23(36)29-21-17(2)5-4-6-19(21)27/h4-10,15H,11-14H2,1-3H3,(H,29,36)(H,28,30,31,32,33). The summed E-state index contributed by atoms with van der Waals surface area (Å²) in [6.45, 7) is 7.33. The minimum absolute atomic E-state index is 0.0222. The maximum absolute atomic E-state index is 12.8. The molecule has 0 radical (unpaired) electrons. The number of piperazine rings is 1. The summed E-state index contributed by atoms with van der Waals surface area (Å²) in [5.41, 5.74) is 3.38. The molecule has 2 N–H and O–H groups in total. The number of anilines is 4. The van der Waals surface area contributed by atoms with Gasteiger partial charge in [0.05, 0.1) is 16.9 Å². The van der Waals surface area contributed by atoms with Crippen LogP contribution in [0.5, 0.6) is 0 Å². The van der Waals surface area contributed by atoms with E-state index in [9.17, 15) is 4.79 Å². The summed E-state index contributed by atoms with van der Waals surface area (Å²) in [6, 6.07) is 13.5. The second kappa shape index (κ2) is 10.5. The molecule has 4 aromatic rings. The van der Waals surface area contributed by atoms with Gasteiger partial charge in [0.15, 0.2) is 5.82 Å². The normalized spacial score (nSPS) is 14.0. The van der Waals surface area contributed by atoms with Gasteiger partial charge in [0.1, 0.15) is 0 Å². The third-order valence-corrected chi connectivity index (χ3v) is 6.44. The summed E-state index contributed by atoms with van der Waals surface area (Å²) >= 11 is 6.23. The van der Waals surface area contributed by atoms with Crippen LogP contribution in [-0.2, 0) is 0 Å². The van der Waals surface area contributed by atoms with E-state index < -0.39 is 5.91 Å². The summed E-state index contributed by atoms with van der Waals surface area (Å²) in [7, 11) is 2.10. The van der Waals surface area contributed by atoms with Gasteiger partial charge in [-0.25, -0.2) is 4.98 Å². The summed E-state index contributed by atoms with van der Waals surface area (Å²) in [4.78, 5) is 35.3. The maximum Gasteiger partial charge on any atom is 0.302 e. The molecule has 0 saturated carbocycles. The lowest BCUT2D eigenvalue weighted by Gasteiger charge is -2.32. The molecule has 2 aromatic carbocycles. The van der Waals surface area contributed by atoms with Crippen molar-refractivity contribution in [1.82, 2.24) is 24.8 Å². The van der Waals surface area contributed by atoms with Crippen molar-refractivity contribution in [1.29, 1.82) is 0 Å². The quantitative estimate of drug-likeness (QED) is 0.379. The lowest BCUT2D eigenvalue weighted by molar-refractivity contribution is 0.0997. The van der Waals surface area contributed by atoms with Gasteiger partial charge in [0.2, 0.25) is 17.7 Å². The number of rotatable bonds is 6. The number of nitrogens with one attached hydrogen (secondary N) is 2. The zero-order valence-corrected chi connectivity index (χ0v) is 21.6. The van der Waals surface area contributed by atoms with Crippen LogP contribution in [0.3, 0.4) is 0 Å². The number of carbonyl (C=O) groups is 1. The molecular formula is C26H27ClN8O2. The zero-order chi connectivity index (χ0) is 25.9. The molecular weight excluding hydrogens is 492 g/mol. The van der Waals surface area contributed by atoms with Crippen molar-refractivity contribution in [2.75, 3.05) is 48.8 Å². The van der Waals surface area contributed by atoms with E-state index in [0.717, 1.165) is 42.9 Å². The largest absolute Gasteiger partial charge is 0.418 e. The first kappa shape index (κ1) is 24.7. The van der Waals surface area contributed by atoms with Gasteiger partial charge in [-0.1, -0.05) is 53.6 Å². The first-order chi connectivity index (χ1) is 17.9. The number of halogens is 1. The van der Waals surface area contributed by atoms with Crippen molar-refractivity contribution in [3.8, 4) is 11.4 Å². The summed E-state index contributed by atoms with van der Waals surface area (Å²) in [5.74, 6) is 0.931. The number of aromatic nitrogens is 4. The molecule has 0 aliphatic carbocycles. The van der Waals surface area contributed by atoms with Crippen LogP contribution >= 0.6 is 11.6 Å². The Morgan fingerprint density at radius 3 is 2.49 bits per heavy atom. The van der Waals surface area contributed by atoms with Crippen molar-refractivity contribution in [3.63, 3.8) is 0 Å². The van der Waals surface area contributed by atoms with E-state index in [2.05, 4.69) is 42.4 Å². The van der Waals surface area contributed by atoms with Gasteiger partial charge in [-0.3, -0.25) is 10.1 Å². The lowest BCUT2D eigenvalue weighted by atomic mass is 10.1. The van der Waals surface area contributed by atoms with Crippen molar-refractivity contribution >= 4 is 41.1 Å². The highest BCUT2D eigenvalue weighted by molar-refractivity contribution is 6.34. The molecule has 0 bridgehead atoms. The molecule has 3 heterocycles. The Hall–Kier alpha value is -4.02. The zero-order valence-electron chi connectivity index (χ0n) is 20.8. The molecule has 1 fully saturated rings. The van der Waals surface area contributed by atoms with Crippen LogP contribution in [0, 0.1) is 13.8 Å². The third-order valence-electron chi connectivity index (χ3n) is 6.13. The smallest absolute Gasteiger partial charge is 0.302 e. The molecule has 10 nitrogen and oxygen atoms in total. The Morgan fingerprint density at radius 1 is 1.00 bits per heavy atom. The van der Waals surface area contributed by atoms with Gasteiger partial charge >= 0.3 is 6.01 Å². The van der Waals surface area contributed by atoms with Gasteiger partial charge in [-0.15, -0.1) is 0 Å². The molecule has 11 heteroatoms. The average Bonchev–Trinajstić information content (AvgIpc) is 3.35. The number of aryl methyl sites for hydroxylation is 2. The fourth-order valence-corrected chi connectivity index (χ4v) is 4.17. The molecule has 1 aliphatic rings. The number of carbonyl (C=O) groups excluding carboxylic acids is 1. The fraction of sp³-hybridized carbons (Fsp3) is 0.269. The Labute approximate surface area is 219 Å². The van der Waals surface area contributed by atoms with Gasteiger partial charge < -0.3 is 19.5 Å². The SMILES string of the molecule is Cc1ccc(-c2nc(Nc3ncc(C(=O)Nc4c(C)cccc4Cl)o3)nc(N3CCN(C)CC3)n2)cc1. The van der Waals surface area contributed by atoms with Crippen molar-refractivity contribution in [2.45, 2.75) is 13.8 Å². The van der Waals surface area contributed by atoms with Gasteiger partial charge in [0, 0.05) is 31.7 Å². The molecule has 37 heavy (non-hydrogen) atoms. The van der Waals surface area contributed by atoms with Crippen LogP contribution in [0.2, 0.25) is 5.02 Å². The topological polar surface area (TPSA) is 112 Å². The molecule has 1 amide bonds. The minimum Gasteiger partial charge on any atom is -0.418 e. The van der Waals surface area contributed by atoms with Crippen LogP contribution in [-0.4, -0.2) is 64.0 Å². The van der Waals surface area contributed by atoms with E-state index in [1.54, 1.807) is 6.07 Å². The van der Waals surface area contributed by atoms with E-state index in [1.807, 2.05) is 50.2 Å². The van der Waals surface area contributed by atoms with Crippen molar-refractivity contribution in [2.24, 2.45) is 0 Å². The monoisotopic (exact) mass is 518 g/mol. The highest BCUT2D eigenvalue weighted by atomic mass is 35.5. The Bertz CT molecular complexity index is 1390. The number of likely N-dealkylation sites (N-methyl/N-ethyl adjacent to an activating group) is 1. The van der Waals surface area contributed by atoms with Crippen LogP contribution in [0.4, 0.5) is 23.6 Å². The average molecular weight is 519 g/mol. The Morgan fingerprint density at radius 2 is 1.76 bits per heavy atom. The number of oxazole rings is 1. The fourth-order valence-electron chi connectivity index (χ4n) is 3.90. The van der Waals surface area contributed by atoms with Crippen molar-refractivity contribution in [3.05, 3.63) is 70.6 Å². The number of para-hydroxylation sites is 1. The summed E-state index contributed by atoms with van der Waals surface area (Å²) in [5, 5.41) is 6.21. The molecule has 2 aromatic heterocycles. The number of benzene rings is 2. The Balaban J connectivity index is 1.40. The molecule has 0 atom stereocenters. The molecule has 190 valence electrons. The van der Waals surface area contributed by atoms with Crippen LogP contribution in [0.1, 0.15) is 21.7 Å². The predicted molar refractivity (Wildman–Crippen MR) is 144 cm³/mol. The molecule has 1 saturated heterocycles. The van der Waals surface area contributed by atoms with Gasteiger partial charge in [0.25, 0.3) is 5.91 Å². The summed E-state index contributed by atoms with van der Waals surface area (Å²) in [6.07, 6.45) is 1.34. The van der Waals surface area contributed by atoms with E-state index >= 15 is 0 Å². The maximum atomic E-state index is 12.8.